The van der Waals surface area contributed by atoms with Gasteiger partial charge in [-0.3, -0.25) is 4.79 Å². The van der Waals surface area contributed by atoms with Crippen LogP contribution in [-0.4, -0.2) is 25.5 Å². The first-order chi connectivity index (χ1) is 10.6. The molecule has 2 N–H and O–H groups in total. The Bertz CT molecular complexity index is 447. The second kappa shape index (κ2) is 8.94. The molecule has 1 aliphatic rings. The minimum atomic E-state index is 0.210. The lowest BCUT2D eigenvalue weighted by Crippen LogP contribution is -2.25. The molecule has 3 nitrogen and oxygen atoms in total. The number of carbonyl (C=O) groups excluding carboxylic acids is 1. The van der Waals surface area contributed by atoms with E-state index >= 15 is 0 Å². The summed E-state index contributed by atoms with van der Waals surface area (Å²) in [5.41, 5.74) is 2.74. The smallest absolute Gasteiger partial charge is 0.220 e. The predicted octanol–water partition coefficient (Wildman–Crippen LogP) is 3.25. The third-order valence-electron chi connectivity index (χ3n) is 4.55. The molecule has 1 aromatic rings. The fourth-order valence-corrected chi connectivity index (χ4v) is 2.97. The van der Waals surface area contributed by atoms with Crippen molar-refractivity contribution in [2.75, 3.05) is 19.6 Å². The topological polar surface area (TPSA) is 41.1 Å². The van der Waals surface area contributed by atoms with E-state index in [4.69, 9.17) is 0 Å². The Kier molecular flexibility index (Phi) is 6.91. The number of carbonyl (C=O) groups is 1. The molecule has 1 amide bonds. The van der Waals surface area contributed by atoms with Crippen LogP contribution < -0.4 is 10.6 Å². The van der Waals surface area contributed by atoms with E-state index < -0.39 is 0 Å². The van der Waals surface area contributed by atoms with Crippen LogP contribution in [0.25, 0.3) is 0 Å². The van der Waals surface area contributed by atoms with Gasteiger partial charge in [0.1, 0.15) is 0 Å². The van der Waals surface area contributed by atoms with Crippen molar-refractivity contribution in [3.63, 3.8) is 0 Å². The molecule has 1 atom stereocenters. The van der Waals surface area contributed by atoms with Gasteiger partial charge in [-0.25, -0.2) is 0 Å². The van der Waals surface area contributed by atoms with Crippen molar-refractivity contribution in [1.82, 2.24) is 10.6 Å². The molecule has 1 saturated heterocycles. The Hall–Kier alpha value is -1.35. The van der Waals surface area contributed by atoms with Crippen molar-refractivity contribution >= 4 is 5.91 Å². The van der Waals surface area contributed by atoms with Crippen LogP contribution in [0.15, 0.2) is 24.3 Å². The maximum atomic E-state index is 11.8. The first-order valence-electron chi connectivity index (χ1n) is 8.71. The van der Waals surface area contributed by atoms with Gasteiger partial charge in [0.15, 0.2) is 0 Å². The summed E-state index contributed by atoms with van der Waals surface area (Å²) < 4.78 is 0. The molecule has 3 heteroatoms. The highest BCUT2D eigenvalue weighted by molar-refractivity contribution is 5.75. The monoisotopic (exact) mass is 302 g/mol. The zero-order valence-corrected chi connectivity index (χ0v) is 14.0. The lowest BCUT2D eigenvalue weighted by atomic mass is 10.0. The predicted molar refractivity (Wildman–Crippen MR) is 92.1 cm³/mol. The number of rotatable bonds is 8. The quantitative estimate of drug-likeness (QED) is 0.724. The molecule has 0 bridgehead atoms. The van der Waals surface area contributed by atoms with E-state index in [1.165, 1.54) is 17.5 Å². The summed E-state index contributed by atoms with van der Waals surface area (Å²) in [5.74, 6) is 1.50. The standard InChI is InChI=1S/C19H30N2O/c1-15(2)18-8-5-16(6-9-18)4-3-12-21-19(22)10-7-17-11-13-20-14-17/h5-6,8-9,15,17,20H,3-4,7,10-14H2,1-2H3,(H,21,22). The molecule has 0 spiro atoms. The molecular weight excluding hydrogens is 272 g/mol. The van der Waals surface area contributed by atoms with Gasteiger partial charge < -0.3 is 10.6 Å². The highest BCUT2D eigenvalue weighted by atomic mass is 16.1. The normalized spacial score (nSPS) is 17.9. The molecule has 1 aliphatic heterocycles. The summed E-state index contributed by atoms with van der Waals surface area (Å²) in [6.07, 6.45) is 4.97. The number of aryl methyl sites for hydroxylation is 1. The molecule has 2 rings (SSSR count). The van der Waals surface area contributed by atoms with Crippen molar-refractivity contribution < 1.29 is 4.79 Å². The number of nitrogens with one attached hydrogen (secondary N) is 2. The average molecular weight is 302 g/mol. The van der Waals surface area contributed by atoms with E-state index in [1.807, 2.05) is 0 Å². The van der Waals surface area contributed by atoms with Crippen LogP contribution in [-0.2, 0) is 11.2 Å². The van der Waals surface area contributed by atoms with Crippen LogP contribution in [0.2, 0.25) is 0 Å². The summed E-state index contributed by atoms with van der Waals surface area (Å²) in [6.45, 7) is 7.41. The minimum Gasteiger partial charge on any atom is -0.356 e. The van der Waals surface area contributed by atoms with Crippen molar-refractivity contribution in [3.05, 3.63) is 35.4 Å². The Morgan fingerprint density at radius 2 is 2.09 bits per heavy atom. The summed E-state index contributed by atoms with van der Waals surface area (Å²) in [4.78, 5) is 11.8. The largest absolute Gasteiger partial charge is 0.356 e. The average Bonchev–Trinajstić information content (AvgIpc) is 3.03. The first-order valence-corrected chi connectivity index (χ1v) is 8.71. The Balaban J connectivity index is 1.57. The highest BCUT2D eigenvalue weighted by Gasteiger charge is 2.15. The summed E-state index contributed by atoms with van der Waals surface area (Å²) in [5, 5.41) is 6.39. The molecular formula is C19H30N2O. The number of benzene rings is 1. The molecule has 0 saturated carbocycles. The molecule has 122 valence electrons. The van der Waals surface area contributed by atoms with E-state index in [9.17, 15) is 4.79 Å². The van der Waals surface area contributed by atoms with E-state index in [0.717, 1.165) is 38.9 Å². The van der Waals surface area contributed by atoms with Crippen LogP contribution in [0.3, 0.4) is 0 Å². The lowest BCUT2D eigenvalue weighted by Gasteiger charge is -2.09. The molecule has 0 radical (unpaired) electrons. The van der Waals surface area contributed by atoms with Crippen LogP contribution >= 0.6 is 0 Å². The maximum Gasteiger partial charge on any atom is 0.220 e. The van der Waals surface area contributed by atoms with Crippen LogP contribution in [0.5, 0.6) is 0 Å². The van der Waals surface area contributed by atoms with Gasteiger partial charge in [-0.15, -0.1) is 0 Å². The zero-order valence-electron chi connectivity index (χ0n) is 14.0. The van der Waals surface area contributed by atoms with Gasteiger partial charge in [0.2, 0.25) is 5.91 Å². The van der Waals surface area contributed by atoms with E-state index in [0.29, 0.717) is 18.3 Å². The summed E-state index contributed by atoms with van der Waals surface area (Å²) in [6, 6.07) is 8.86. The van der Waals surface area contributed by atoms with Crippen molar-refractivity contribution in [3.8, 4) is 0 Å². The second-order valence-electron chi connectivity index (χ2n) is 6.75. The number of hydrogen-bond acceptors (Lipinski definition) is 2. The fourth-order valence-electron chi connectivity index (χ4n) is 2.97. The minimum absolute atomic E-state index is 0.210. The van der Waals surface area contributed by atoms with Gasteiger partial charge in [0.05, 0.1) is 0 Å². The highest BCUT2D eigenvalue weighted by Crippen LogP contribution is 2.15. The van der Waals surface area contributed by atoms with Gasteiger partial charge in [-0.2, -0.15) is 0 Å². The Morgan fingerprint density at radius 1 is 1.32 bits per heavy atom. The first kappa shape index (κ1) is 17.0. The summed E-state index contributed by atoms with van der Waals surface area (Å²) >= 11 is 0. The second-order valence-corrected chi connectivity index (χ2v) is 6.75. The van der Waals surface area contributed by atoms with E-state index in [1.54, 1.807) is 0 Å². The van der Waals surface area contributed by atoms with Crippen LogP contribution in [0.4, 0.5) is 0 Å². The van der Waals surface area contributed by atoms with Gasteiger partial charge in [0, 0.05) is 13.0 Å². The van der Waals surface area contributed by atoms with Crippen molar-refractivity contribution in [2.45, 2.75) is 51.9 Å². The van der Waals surface area contributed by atoms with Gasteiger partial charge in [0.25, 0.3) is 0 Å². The van der Waals surface area contributed by atoms with Gasteiger partial charge >= 0.3 is 0 Å². The summed E-state index contributed by atoms with van der Waals surface area (Å²) in [7, 11) is 0. The zero-order chi connectivity index (χ0) is 15.8. The molecule has 1 unspecified atom stereocenters. The third-order valence-corrected chi connectivity index (χ3v) is 4.55. The molecule has 0 aromatic heterocycles. The van der Waals surface area contributed by atoms with E-state index in [2.05, 4.69) is 48.7 Å². The van der Waals surface area contributed by atoms with Crippen molar-refractivity contribution in [2.24, 2.45) is 5.92 Å². The SMILES string of the molecule is CC(C)c1ccc(CCCNC(=O)CCC2CCNC2)cc1. The fraction of sp³-hybridized carbons (Fsp3) is 0.632. The molecule has 22 heavy (non-hydrogen) atoms. The third kappa shape index (κ3) is 5.80. The molecule has 1 aromatic carbocycles. The lowest BCUT2D eigenvalue weighted by molar-refractivity contribution is -0.121. The molecule has 1 fully saturated rings. The van der Waals surface area contributed by atoms with Crippen molar-refractivity contribution in [1.29, 1.82) is 0 Å². The molecule has 1 heterocycles. The van der Waals surface area contributed by atoms with Gasteiger partial charge in [-0.05, 0) is 61.7 Å². The number of hydrogen-bond donors (Lipinski definition) is 2. The Labute approximate surface area is 134 Å². The molecule has 0 aliphatic carbocycles. The van der Waals surface area contributed by atoms with Gasteiger partial charge in [-0.1, -0.05) is 38.1 Å². The maximum absolute atomic E-state index is 11.8. The van der Waals surface area contributed by atoms with Crippen LogP contribution in [0, 0.1) is 5.92 Å². The number of amides is 1. The van der Waals surface area contributed by atoms with E-state index in [-0.39, 0.29) is 5.91 Å². The Morgan fingerprint density at radius 3 is 2.73 bits per heavy atom. The van der Waals surface area contributed by atoms with Crippen LogP contribution in [0.1, 0.15) is 56.6 Å².